The van der Waals surface area contributed by atoms with Crippen molar-refractivity contribution in [1.82, 2.24) is 4.90 Å². The molecule has 1 aromatic rings. The number of imide groups is 1. The van der Waals surface area contributed by atoms with E-state index < -0.39 is 29.6 Å². The minimum absolute atomic E-state index is 0.0903. The highest BCUT2D eigenvalue weighted by atomic mass is 16.6. The molecule has 0 radical (unpaired) electrons. The molecule has 2 amide bonds. The highest BCUT2D eigenvalue weighted by molar-refractivity contribution is 5.98. The number of carbonyl (C=O) groups excluding carboxylic acids is 2. The second kappa shape index (κ2) is 6.40. The van der Waals surface area contributed by atoms with Crippen molar-refractivity contribution in [2.75, 3.05) is 0 Å². The number of carbonyl (C=O) groups is 3. The molecule has 1 saturated heterocycles. The number of carboxylic acids is 1. The molecule has 1 N–H and O–H groups in total. The zero-order valence-electron chi connectivity index (χ0n) is 13.5. The first-order chi connectivity index (χ1) is 10.7. The molecule has 0 aromatic heterocycles. The van der Waals surface area contributed by atoms with Crippen LogP contribution in [0.4, 0.5) is 4.79 Å². The molecular formula is C17H21NO5. The van der Waals surface area contributed by atoms with Crippen LogP contribution in [0.5, 0.6) is 0 Å². The fourth-order valence-corrected chi connectivity index (χ4v) is 2.67. The van der Waals surface area contributed by atoms with Gasteiger partial charge >= 0.3 is 12.1 Å². The Morgan fingerprint density at radius 1 is 1.22 bits per heavy atom. The number of benzene rings is 1. The van der Waals surface area contributed by atoms with E-state index in [0.717, 1.165) is 10.5 Å². The Balaban J connectivity index is 2.24. The summed E-state index contributed by atoms with van der Waals surface area (Å²) in [6.07, 6.45) is -0.626. The largest absolute Gasteiger partial charge is 0.480 e. The minimum Gasteiger partial charge on any atom is -0.480 e. The van der Waals surface area contributed by atoms with Gasteiger partial charge in [-0.3, -0.25) is 4.79 Å². The summed E-state index contributed by atoms with van der Waals surface area (Å²) in [6.45, 7) is 5.01. The highest BCUT2D eigenvalue weighted by Gasteiger charge is 2.43. The van der Waals surface area contributed by atoms with E-state index in [-0.39, 0.29) is 18.8 Å². The van der Waals surface area contributed by atoms with Crippen LogP contribution in [-0.4, -0.2) is 39.6 Å². The number of hydrogen-bond acceptors (Lipinski definition) is 4. The van der Waals surface area contributed by atoms with Gasteiger partial charge in [-0.25, -0.2) is 14.5 Å². The minimum atomic E-state index is -1.21. The topological polar surface area (TPSA) is 83.9 Å². The Labute approximate surface area is 135 Å². The average molecular weight is 319 g/mol. The van der Waals surface area contributed by atoms with Crippen LogP contribution in [0.1, 0.15) is 45.1 Å². The molecule has 0 saturated carbocycles. The highest BCUT2D eigenvalue weighted by Crippen LogP contribution is 2.33. The Kier molecular flexibility index (Phi) is 4.73. The number of nitrogens with zero attached hydrogens (tertiary/aromatic N) is 1. The van der Waals surface area contributed by atoms with Crippen molar-refractivity contribution >= 4 is 18.0 Å². The number of piperidine rings is 1. The predicted octanol–water partition coefficient (Wildman–Crippen LogP) is 2.78. The second-order valence-corrected chi connectivity index (χ2v) is 6.65. The maximum absolute atomic E-state index is 12.4. The van der Waals surface area contributed by atoms with Gasteiger partial charge in [0, 0.05) is 6.42 Å². The van der Waals surface area contributed by atoms with Crippen molar-refractivity contribution in [2.24, 2.45) is 0 Å². The van der Waals surface area contributed by atoms with Gasteiger partial charge in [0.05, 0.1) is 0 Å². The molecule has 0 aliphatic carbocycles. The summed E-state index contributed by atoms with van der Waals surface area (Å²) >= 11 is 0. The molecule has 0 unspecified atom stereocenters. The van der Waals surface area contributed by atoms with E-state index in [2.05, 4.69) is 0 Å². The summed E-state index contributed by atoms with van der Waals surface area (Å²) in [6, 6.07) is 8.05. The zero-order chi connectivity index (χ0) is 17.2. The van der Waals surface area contributed by atoms with Gasteiger partial charge in [0.25, 0.3) is 0 Å². The number of carboxylic acid groups (broad SMARTS) is 1. The Morgan fingerprint density at radius 2 is 1.83 bits per heavy atom. The Bertz CT molecular complexity index is 605. The molecule has 0 bridgehead atoms. The zero-order valence-corrected chi connectivity index (χ0v) is 13.5. The van der Waals surface area contributed by atoms with Gasteiger partial charge in [0.2, 0.25) is 5.91 Å². The van der Waals surface area contributed by atoms with Gasteiger partial charge in [-0.15, -0.1) is 0 Å². The number of rotatable bonds is 2. The molecule has 23 heavy (non-hydrogen) atoms. The van der Waals surface area contributed by atoms with Gasteiger partial charge in [-0.1, -0.05) is 30.3 Å². The molecule has 0 spiro atoms. The van der Waals surface area contributed by atoms with E-state index in [9.17, 15) is 19.5 Å². The summed E-state index contributed by atoms with van der Waals surface area (Å²) < 4.78 is 5.17. The van der Waals surface area contributed by atoms with Gasteiger partial charge in [0.1, 0.15) is 11.6 Å². The van der Waals surface area contributed by atoms with Crippen LogP contribution >= 0.6 is 0 Å². The molecule has 1 aliphatic heterocycles. The van der Waals surface area contributed by atoms with Crippen LogP contribution in [0.15, 0.2) is 30.3 Å². The quantitative estimate of drug-likeness (QED) is 0.906. The van der Waals surface area contributed by atoms with Gasteiger partial charge in [-0.05, 0) is 38.7 Å². The van der Waals surface area contributed by atoms with Crippen LogP contribution < -0.4 is 0 Å². The average Bonchev–Trinajstić information content (AvgIpc) is 2.45. The van der Waals surface area contributed by atoms with Crippen molar-refractivity contribution in [1.29, 1.82) is 0 Å². The van der Waals surface area contributed by atoms with Gasteiger partial charge in [0.15, 0.2) is 0 Å². The van der Waals surface area contributed by atoms with Crippen LogP contribution in [0.25, 0.3) is 0 Å². The fraction of sp³-hybridized carbons (Fsp3) is 0.471. The lowest BCUT2D eigenvalue weighted by atomic mass is 9.85. The molecule has 6 nitrogen and oxygen atoms in total. The summed E-state index contributed by atoms with van der Waals surface area (Å²) in [7, 11) is 0. The summed E-state index contributed by atoms with van der Waals surface area (Å²) in [5.41, 5.74) is 0.104. The van der Waals surface area contributed by atoms with E-state index in [1.165, 1.54) is 0 Å². The van der Waals surface area contributed by atoms with Crippen molar-refractivity contribution in [3.8, 4) is 0 Å². The van der Waals surface area contributed by atoms with Crippen LogP contribution in [0.3, 0.4) is 0 Å². The standard InChI is InChI=1S/C17H21NO5/c1-17(2,3)23-16(22)18-13(15(20)21)9-12(10-14(18)19)11-7-5-4-6-8-11/h4-8,12-13H,9-10H2,1-3H3,(H,20,21)/t12-,13-/m1/s1. The lowest BCUT2D eigenvalue weighted by Gasteiger charge is -2.36. The third-order valence-corrected chi connectivity index (χ3v) is 3.66. The number of aliphatic carboxylic acids is 1. The lowest BCUT2D eigenvalue weighted by Crippen LogP contribution is -2.54. The monoisotopic (exact) mass is 319 g/mol. The maximum Gasteiger partial charge on any atom is 0.417 e. The number of ether oxygens (including phenoxy) is 1. The lowest BCUT2D eigenvalue weighted by molar-refractivity contribution is -0.152. The molecule has 2 rings (SSSR count). The molecular weight excluding hydrogens is 298 g/mol. The normalized spacial score (nSPS) is 21.9. The molecule has 1 aromatic carbocycles. The first-order valence-corrected chi connectivity index (χ1v) is 7.52. The predicted molar refractivity (Wildman–Crippen MR) is 82.9 cm³/mol. The van der Waals surface area contributed by atoms with E-state index in [4.69, 9.17) is 4.74 Å². The third-order valence-electron chi connectivity index (χ3n) is 3.66. The van der Waals surface area contributed by atoms with Gasteiger partial charge < -0.3 is 9.84 Å². The van der Waals surface area contributed by atoms with E-state index in [1.807, 2.05) is 30.3 Å². The molecule has 1 aliphatic rings. The van der Waals surface area contributed by atoms with Crippen molar-refractivity contribution < 1.29 is 24.2 Å². The Morgan fingerprint density at radius 3 is 2.35 bits per heavy atom. The smallest absolute Gasteiger partial charge is 0.417 e. The van der Waals surface area contributed by atoms with Crippen molar-refractivity contribution in [2.45, 2.75) is 51.2 Å². The summed E-state index contributed by atoms with van der Waals surface area (Å²) in [4.78, 5) is 36.9. The molecule has 6 heteroatoms. The van der Waals surface area contributed by atoms with Crippen LogP contribution in [0, 0.1) is 0 Å². The SMILES string of the molecule is CC(C)(C)OC(=O)N1C(=O)C[C@H](c2ccccc2)C[C@@H]1C(=O)O. The molecule has 124 valence electrons. The first-order valence-electron chi connectivity index (χ1n) is 7.52. The van der Waals surface area contributed by atoms with Crippen molar-refractivity contribution in [3.05, 3.63) is 35.9 Å². The van der Waals surface area contributed by atoms with Crippen molar-refractivity contribution in [3.63, 3.8) is 0 Å². The number of likely N-dealkylation sites (tertiary alicyclic amines) is 1. The molecule has 1 heterocycles. The second-order valence-electron chi connectivity index (χ2n) is 6.65. The third kappa shape index (κ3) is 4.09. The molecule has 1 fully saturated rings. The van der Waals surface area contributed by atoms with Crippen LogP contribution in [-0.2, 0) is 14.3 Å². The van der Waals surface area contributed by atoms with E-state index in [0.29, 0.717) is 0 Å². The number of amides is 2. The van der Waals surface area contributed by atoms with Crippen LogP contribution in [0.2, 0.25) is 0 Å². The fourth-order valence-electron chi connectivity index (χ4n) is 2.67. The van der Waals surface area contributed by atoms with E-state index >= 15 is 0 Å². The summed E-state index contributed by atoms with van der Waals surface area (Å²) in [5, 5.41) is 9.44. The first kappa shape index (κ1) is 17.0. The van der Waals surface area contributed by atoms with E-state index in [1.54, 1.807) is 20.8 Å². The Hall–Kier alpha value is -2.37. The maximum atomic E-state index is 12.4. The molecule has 2 atom stereocenters. The summed E-state index contributed by atoms with van der Waals surface area (Å²) in [5.74, 6) is -1.94. The van der Waals surface area contributed by atoms with Gasteiger partial charge in [-0.2, -0.15) is 0 Å². The number of hydrogen-bond donors (Lipinski definition) is 1.